The molecule has 0 spiro atoms. The number of hydrogen-bond acceptors (Lipinski definition) is 3. The van der Waals surface area contributed by atoms with Crippen molar-refractivity contribution in [3.63, 3.8) is 0 Å². The Hall–Kier alpha value is -1.58. The lowest BCUT2D eigenvalue weighted by atomic mass is 10.1. The second-order valence-corrected chi connectivity index (χ2v) is 5.31. The first-order valence-electron chi connectivity index (χ1n) is 7.65. The SMILES string of the molecule is CCCCCCC(C)OC(=O)[C@@H](C)Oc1ccc(F)cc1. The van der Waals surface area contributed by atoms with Gasteiger partial charge in [0.15, 0.2) is 6.10 Å². The van der Waals surface area contributed by atoms with Crippen molar-refractivity contribution in [1.29, 1.82) is 0 Å². The molecule has 3 nitrogen and oxygen atoms in total. The van der Waals surface area contributed by atoms with Crippen LogP contribution in [0.1, 0.15) is 52.9 Å². The summed E-state index contributed by atoms with van der Waals surface area (Å²) >= 11 is 0. The third kappa shape index (κ3) is 7.11. The van der Waals surface area contributed by atoms with E-state index in [4.69, 9.17) is 9.47 Å². The highest BCUT2D eigenvalue weighted by Crippen LogP contribution is 2.14. The van der Waals surface area contributed by atoms with Gasteiger partial charge in [-0.15, -0.1) is 0 Å². The van der Waals surface area contributed by atoms with Crippen LogP contribution < -0.4 is 4.74 Å². The smallest absolute Gasteiger partial charge is 0.347 e. The number of hydrogen-bond donors (Lipinski definition) is 0. The molecule has 0 aliphatic carbocycles. The molecule has 0 aliphatic rings. The van der Waals surface area contributed by atoms with Crippen LogP contribution in [0.15, 0.2) is 24.3 Å². The summed E-state index contributed by atoms with van der Waals surface area (Å²) in [5, 5.41) is 0. The number of unbranched alkanes of at least 4 members (excludes halogenated alkanes) is 3. The zero-order chi connectivity index (χ0) is 15.7. The Kier molecular flexibility index (Phi) is 7.80. The molecule has 0 fully saturated rings. The third-order valence-corrected chi connectivity index (χ3v) is 3.24. The highest BCUT2D eigenvalue weighted by atomic mass is 19.1. The van der Waals surface area contributed by atoms with Crippen molar-refractivity contribution in [3.05, 3.63) is 30.1 Å². The van der Waals surface area contributed by atoms with Crippen molar-refractivity contribution < 1.29 is 18.7 Å². The van der Waals surface area contributed by atoms with E-state index in [-0.39, 0.29) is 17.9 Å². The Morgan fingerprint density at radius 2 is 1.81 bits per heavy atom. The average Bonchev–Trinajstić information content (AvgIpc) is 2.46. The Bertz CT molecular complexity index is 417. The van der Waals surface area contributed by atoms with Crippen molar-refractivity contribution in [2.75, 3.05) is 0 Å². The number of carbonyl (C=O) groups excluding carboxylic acids is 1. The van der Waals surface area contributed by atoms with E-state index in [1.54, 1.807) is 6.92 Å². The molecule has 1 aromatic rings. The van der Waals surface area contributed by atoms with Gasteiger partial charge in [0.1, 0.15) is 11.6 Å². The quantitative estimate of drug-likeness (QED) is 0.497. The van der Waals surface area contributed by atoms with E-state index in [1.165, 1.54) is 43.5 Å². The lowest BCUT2D eigenvalue weighted by Gasteiger charge is -2.18. The highest BCUT2D eigenvalue weighted by molar-refractivity contribution is 5.74. The molecule has 0 saturated heterocycles. The molecule has 0 heterocycles. The molecule has 1 aromatic carbocycles. The summed E-state index contributed by atoms with van der Waals surface area (Å²) < 4.78 is 23.6. The number of halogens is 1. The number of esters is 1. The fourth-order valence-corrected chi connectivity index (χ4v) is 1.98. The average molecular weight is 296 g/mol. The van der Waals surface area contributed by atoms with Crippen LogP contribution in [0.4, 0.5) is 4.39 Å². The normalized spacial score (nSPS) is 13.5. The Morgan fingerprint density at radius 3 is 2.43 bits per heavy atom. The molecule has 0 aromatic heterocycles. The van der Waals surface area contributed by atoms with Crippen LogP contribution >= 0.6 is 0 Å². The van der Waals surface area contributed by atoms with Gasteiger partial charge in [0.2, 0.25) is 0 Å². The molecule has 0 saturated carbocycles. The highest BCUT2D eigenvalue weighted by Gasteiger charge is 2.19. The first-order chi connectivity index (χ1) is 10.0. The topological polar surface area (TPSA) is 35.5 Å². The molecule has 1 unspecified atom stereocenters. The third-order valence-electron chi connectivity index (χ3n) is 3.24. The first-order valence-corrected chi connectivity index (χ1v) is 7.65. The van der Waals surface area contributed by atoms with E-state index in [9.17, 15) is 9.18 Å². The predicted octanol–water partition coefficient (Wildman–Crippen LogP) is 4.50. The molecule has 0 N–H and O–H groups in total. The van der Waals surface area contributed by atoms with E-state index >= 15 is 0 Å². The van der Waals surface area contributed by atoms with Crippen molar-refractivity contribution in [3.8, 4) is 5.75 Å². The maximum absolute atomic E-state index is 12.8. The zero-order valence-corrected chi connectivity index (χ0v) is 13.1. The predicted molar refractivity (Wildman–Crippen MR) is 80.8 cm³/mol. The molecule has 4 heteroatoms. The van der Waals surface area contributed by atoms with Crippen LogP contribution in [0.25, 0.3) is 0 Å². The molecule has 2 atom stereocenters. The lowest BCUT2D eigenvalue weighted by Crippen LogP contribution is -2.29. The van der Waals surface area contributed by atoms with Gasteiger partial charge in [0.05, 0.1) is 6.10 Å². The van der Waals surface area contributed by atoms with Crippen LogP contribution in [0, 0.1) is 5.82 Å². The second-order valence-electron chi connectivity index (χ2n) is 5.31. The largest absolute Gasteiger partial charge is 0.479 e. The van der Waals surface area contributed by atoms with Crippen molar-refractivity contribution in [2.45, 2.75) is 65.1 Å². The van der Waals surface area contributed by atoms with Crippen molar-refractivity contribution in [2.24, 2.45) is 0 Å². The summed E-state index contributed by atoms with van der Waals surface area (Å²) in [5.74, 6) is -0.267. The molecule has 0 bridgehead atoms. The molecule has 1 rings (SSSR count). The monoisotopic (exact) mass is 296 g/mol. The standard InChI is InChI=1S/C17H25FO3/c1-4-5-6-7-8-13(2)20-17(19)14(3)21-16-11-9-15(18)10-12-16/h9-14H,4-8H2,1-3H3/t13?,14-/m1/s1. The Labute approximate surface area is 126 Å². The van der Waals surface area contributed by atoms with Crippen molar-refractivity contribution in [1.82, 2.24) is 0 Å². The minimum atomic E-state index is -0.700. The van der Waals surface area contributed by atoms with E-state index in [1.807, 2.05) is 6.92 Å². The lowest BCUT2D eigenvalue weighted by molar-refractivity contribution is -0.156. The maximum atomic E-state index is 12.8. The van der Waals surface area contributed by atoms with Gasteiger partial charge in [-0.2, -0.15) is 0 Å². The minimum absolute atomic E-state index is 0.103. The molecular weight excluding hydrogens is 271 g/mol. The van der Waals surface area contributed by atoms with Gasteiger partial charge >= 0.3 is 5.97 Å². The van der Waals surface area contributed by atoms with Gasteiger partial charge in [-0.3, -0.25) is 0 Å². The fourth-order valence-electron chi connectivity index (χ4n) is 1.98. The molecular formula is C17H25FO3. The Morgan fingerprint density at radius 1 is 1.14 bits per heavy atom. The fraction of sp³-hybridized carbons (Fsp3) is 0.588. The molecule has 0 aliphatic heterocycles. The van der Waals surface area contributed by atoms with Gasteiger partial charge in [0, 0.05) is 0 Å². The van der Waals surface area contributed by atoms with Gasteiger partial charge in [-0.1, -0.05) is 26.2 Å². The van der Waals surface area contributed by atoms with Gasteiger partial charge in [0.25, 0.3) is 0 Å². The molecule has 118 valence electrons. The zero-order valence-electron chi connectivity index (χ0n) is 13.1. The number of rotatable bonds is 9. The molecule has 0 radical (unpaired) electrons. The van der Waals surface area contributed by atoms with Crippen molar-refractivity contribution >= 4 is 5.97 Å². The van der Waals surface area contributed by atoms with E-state index < -0.39 is 6.10 Å². The van der Waals surface area contributed by atoms with Crippen LogP contribution in [0.3, 0.4) is 0 Å². The maximum Gasteiger partial charge on any atom is 0.347 e. The summed E-state index contributed by atoms with van der Waals surface area (Å²) in [4.78, 5) is 11.9. The second kappa shape index (κ2) is 9.37. The molecule has 21 heavy (non-hydrogen) atoms. The van der Waals surface area contributed by atoms with Gasteiger partial charge in [-0.25, -0.2) is 9.18 Å². The van der Waals surface area contributed by atoms with Crippen LogP contribution in [-0.4, -0.2) is 18.2 Å². The summed E-state index contributed by atoms with van der Waals surface area (Å²) in [7, 11) is 0. The Balaban J connectivity index is 2.31. The first kappa shape index (κ1) is 17.5. The van der Waals surface area contributed by atoms with Gasteiger partial charge < -0.3 is 9.47 Å². The summed E-state index contributed by atoms with van der Waals surface area (Å²) in [6.45, 7) is 5.70. The van der Waals surface area contributed by atoms with Gasteiger partial charge in [-0.05, 0) is 51.0 Å². The summed E-state index contributed by atoms with van der Waals surface area (Å²) in [6.07, 6.45) is 4.70. The number of ether oxygens (including phenoxy) is 2. The number of benzene rings is 1. The van der Waals surface area contributed by atoms with Crippen LogP contribution in [0.2, 0.25) is 0 Å². The summed E-state index contributed by atoms with van der Waals surface area (Å²) in [5.41, 5.74) is 0. The minimum Gasteiger partial charge on any atom is -0.479 e. The number of carbonyl (C=O) groups is 1. The van der Waals surface area contributed by atoms with E-state index in [0.29, 0.717) is 5.75 Å². The van der Waals surface area contributed by atoms with Crippen LogP contribution in [0.5, 0.6) is 5.75 Å². The van der Waals surface area contributed by atoms with Crippen LogP contribution in [-0.2, 0) is 9.53 Å². The van der Waals surface area contributed by atoms with E-state index in [0.717, 1.165) is 12.8 Å². The summed E-state index contributed by atoms with van der Waals surface area (Å²) in [6, 6.07) is 5.58. The van der Waals surface area contributed by atoms with E-state index in [2.05, 4.69) is 6.92 Å². The molecule has 0 amide bonds.